The number of hydrogen-bond donors (Lipinski definition) is 1. The van der Waals surface area contributed by atoms with Crippen LogP contribution in [0.2, 0.25) is 0 Å². The van der Waals surface area contributed by atoms with Gasteiger partial charge in [-0.2, -0.15) is 13.2 Å². The zero-order valence-corrected chi connectivity index (χ0v) is 7.24. The number of hydrogen-bond acceptors (Lipinski definition) is 3. The van der Waals surface area contributed by atoms with Crippen molar-refractivity contribution in [1.29, 1.82) is 0 Å². The van der Waals surface area contributed by atoms with Gasteiger partial charge in [0.05, 0.1) is 5.75 Å². The third-order valence-corrected chi connectivity index (χ3v) is 2.20. The van der Waals surface area contributed by atoms with Gasteiger partial charge in [-0.25, -0.2) is 8.42 Å². The van der Waals surface area contributed by atoms with Crippen LogP contribution in [0.15, 0.2) is 0 Å². The highest BCUT2D eigenvalue weighted by molar-refractivity contribution is 7.90. The fraction of sp³-hybridized carbons (Fsp3) is 1.00. The van der Waals surface area contributed by atoms with Crippen molar-refractivity contribution in [2.24, 2.45) is 5.73 Å². The van der Waals surface area contributed by atoms with Gasteiger partial charge in [-0.15, -0.1) is 0 Å². The first-order valence-electron chi connectivity index (χ1n) is 3.13. The van der Waals surface area contributed by atoms with Crippen LogP contribution >= 0.6 is 0 Å². The standard InChI is InChI=1S/C5H10F3NO2S/c1-12(10,11)3-2-4(9)5(6,7)8/h4H,2-3,9H2,1H3/t4-/m0/s1. The van der Waals surface area contributed by atoms with E-state index in [0.717, 1.165) is 6.26 Å². The van der Waals surface area contributed by atoms with Crippen molar-refractivity contribution >= 4 is 9.84 Å². The summed E-state index contributed by atoms with van der Waals surface area (Å²) in [6.07, 6.45) is -4.22. The van der Waals surface area contributed by atoms with Crippen molar-refractivity contribution in [1.82, 2.24) is 0 Å². The number of nitrogens with two attached hydrogens (primary N) is 1. The minimum atomic E-state index is -4.51. The minimum Gasteiger partial charge on any atom is -0.320 e. The van der Waals surface area contributed by atoms with Crippen LogP contribution in [0, 0.1) is 0 Å². The molecule has 74 valence electrons. The summed E-state index contributed by atoms with van der Waals surface area (Å²) in [6, 6.07) is -2.05. The second-order valence-electron chi connectivity index (χ2n) is 2.57. The lowest BCUT2D eigenvalue weighted by Gasteiger charge is -2.14. The summed E-state index contributed by atoms with van der Waals surface area (Å²) >= 11 is 0. The van der Waals surface area contributed by atoms with Crippen molar-refractivity contribution in [2.45, 2.75) is 18.6 Å². The normalized spacial score (nSPS) is 16.1. The molecule has 0 heterocycles. The maximum absolute atomic E-state index is 11.7. The van der Waals surface area contributed by atoms with Gasteiger partial charge < -0.3 is 5.73 Å². The van der Waals surface area contributed by atoms with Gasteiger partial charge in [0.25, 0.3) is 0 Å². The van der Waals surface area contributed by atoms with E-state index in [0.29, 0.717) is 0 Å². The molecule has 1 atom stereocenters. The molecule has 0 aromatic heterocycles. The van der Waals surface area contributed by atoms with E-state index in [4.69, 9.17) is 0 Å². The molecule has 0 spiro atoms. The van der Waals surface area contributed by atoms with E-state index in [9.17, 15) is 21.6 Å². The van der Waals surface area contributed by atoms with Gasteiger partial charge in [-0.05, 0) is 6.42 Å². The summed E-state index contributed by atoms with van der Waals surface area (Å²) in [4.78, 5) is 0. The van der Waals surface area contributed by atoms with E-state index in [-0.39, 0.29) is 0 Å². The number of halogens is 3. The zero-order chi connectivity index (χ0) is 9.99. The molecule has 0 rings (SSSR count). The van der Waals surface area contributed by atoms with Crippen molar-refractivity contribution in [3.05, 3.63) is 0 Å². The molecule has 0 aliphatic heterocycles. The Kier molecular flexibility index (Phi) is 3.52. The number of sulfone groups is 1. The van der Waals surface area contributed by atoms with Crippen molar-refractivity contribution < 1.29 is 21.6 Å². The topological polar surface area (TPSA) is 60.2 Å². The maximum Gasteiger partial charge on any atom is 0.403 e. The first-order valence-corrected chi connectivity index (χ1v) is 5.19. The molecule has 0 unspecified atom stereocenters. The second-order valence-corrected chi connectivity index (χ2v) is 4.83. The highest BCUT2D eigenvalue weighted by Crippen LogP contribution is 2.20. The highest BCUT2D eigenvalue weighted by atomic mass is 32.2. The maximum atomic E-state index is 11.7. The fourth-order valence-corrected chi connectivity index (χ4v) is 1.19. The van der Waals surface area contributed by atoms with E-state index < -0.39 is 34.2 Å². The Labute approximate surface area is 68.7 Å². The summed E-state index contributed by atoms with van der Waals surface area (Å²) in [6.45, 7) is 0. The SMILES string of the molecule is CS(=O)(=O)CC[C@H](N)C(F)(F)F. The Bertz CT molecular complexity index is 234. The molecule has 0 amide bonds. The molecule has 0 aliphatic rings. The van der Waals surface area contributed by atoms with Crippen molar-refractivity contribution in [3.8, 4) is 0 Å². The van der Waals surface area contributed by atoms with Gasteiger partial charge in [0, 0.05) is 6.26 Å². The third-order valence-electron chi connectivity index (χ3n) is 1.22. The van der Waals surface area contributed by atoms with Gasteiger partial charge in [-0.3, -0.25) is 0 Å². The van der Waals surface area contributed by atoms with Gasteiger partial charge in [0.15, 0.2) is 0 Å². The average molecular weight is 205 g/mol. The van der Waals surface area contributed by atoms with Crippen LogP contribution in [0.25, 0.3) is 0 Å². The molecular formula is C5H10F3NO2S. The Morgan fingerprint density at radius 2 is 1.83 bits per heavy atom. The van der Waals surface area contributed by atoms with Crippen molar-refractivity contribution in [2.75, 3.05) is 12.0 Å². The third kappa shape index (κ3) is 5.36. The molecule has 0 aromatic carbocycles. The molecule has 0 bridgehead atoms. The molecular weight excluding hydrogens is 195 g/mol. The Hall–Kier alpha value is -0.300. The molecule has 7 heteroatoms. The van der Waals surface area contributed by atoms with Crippen molar-refractivity contribution in [3.63, 3.8) is 0 Å². The summed E-state index contributed by atoms with van der Waals surface area (Å²) in [5.74, 6) is -0.534. The molecule has 12 heavy (non-hydrogen) atoms. The van der Waals surface area contributed by atoms with Crippen LogP contribution in [0.4, 0.5) is 13.2 Å². The van der Waals surface area contributed by atoms with Gasteiger partial charge in [0.1, 0.15) is 15.9 Å². The van der Waals surface area contributed by atoms with Gasteiger partial charge in [0.2, 0.25) is 0 Å². The number of rotatable bonds is 3. The largest absolute Gasteiger partial charge is 0.403 e. The van der Waals surface area contributed by atoms with E-state index in [1.165, 1.54) is 0 Å². The fourth-order valence-electron chi connectivity index (χ4n) is 0.505. The van der Waals surface area contributed by atoms with Gasteiger partial charge in [-0.1, -0.05) is 0 Å². The van der Waals surface area contributed by atoms with Crippen LogP contribution < -0.4 is 5.73 Å². The first-order chi connectivity index (χ1) is 5.13. The molecule has 0 aliphatic carbocycles. The predicted octanol–water partition coefficient (Wildman–Crippen LogP) is 0.311. The van der Waals surface area contributed by atoms with E-state index >= 15 is 0 Å². The average Bonchev–Trinajstić information content (AvgIpc) is 1.78. The molecule has 0 radical (unpaired) electrons. The summed E-state index contributed by atoms with van der Waals surface area (Å²) in [5, 5.41) is 0. The summed E-state index contributed by atoms with van der Waals surface area (Å²) in [7, 11) is -3.36. The molecule has 0 aromatic rings. The lowest BCUT2D eigenvalue weighted by atomic mass is 10.2. The van der Waals surface area contributed by atoms with Crippen LogP contribution in [-0.4, -0.2) is 32.6 Å². The monoisotopic (exact) mass is 205 g/mol. The van der Waals surface area contributed by atoms with Crippen LogP contribution in [0.3, 0.4) is 0 Å². The summed E-state index contributed by atoms with van der Waals surface area (Å²) < 4.78 is 56.0. The Morgan fingerprint density at radius 1 is 1.42 bits per heavy atom. The van der Waals surface area contributed by atoms with Crippen LogP contribution in [0.1, 0.15) is 6.42 Å². The quantitative estimate of drug-likeness (QED) is 0.721. The zero-order valence-electron chi connectivity index (χ0n) is 6.43. The highest BCUT2D eigenvalue weighted by Gasteiger charge is 2.36. The molecule has 0 saturated heterocycles. The second kappa shape index (κ2) is 3.61. The Balaban J connectivity index is 3.97. The minimum absolute atomic E-state index is 0.534. The van der Waals surface area contributed by atoms with Gasteiger partial charge >= 0.3 is 6.18 Å². The van der Waals surface area contributed by atoms with E-state index in [1.54, 1.807) is 0 Å². The molecule has 2 N–H and O–H groups in total. The summed E-state index contributed by atoms with van der Waals surface area (Å²) in [5.41, 5.74) is 4.67. The molecule has 0 saturated carbocycles. The Morgan fingerprint density at radius 3 is 2.08 bits per heavy atom. The number of alkyl halides is 3. The van der Waals surface area contributed by atoms with Crippen LogP contribution in [-0.2, 0) is 9.84 Å². The molecule has 3 nitrogen and oxygen atoms in total. The first kappa shape index (κ1) is 11.7. The van der Waals surface area contributed by atoms with Crippen LogP contribution in [0.5, 0.6) is 0 Å². The lowest BCUT2D eigenvalue weighted by molar-refractivity contribution is -0.147. The molecule has 0 fully saturated rings. The lowest BCUT2D eigenvalue weighted by Crippen LogP contribution is -2.38. The predicted molar refractivity (Wildman–Crippen MR) is 38.4 cm³/mol. The van der Waals surface area contributed by atoms with E-state index in [1.807, 2.05) is 0 Å². The smallest absolute Gasteiger partial charge is 0.320 e. The van der Waals surface area contributed by atoms with E-state index in [2.05, 4.69) is 5.73 Å².